The molecule has 0 aliphatic carbocycles. The van der Waals surface area contributed by atoms with E-state index in [0.717, 1.165) is 69.2 Å². The number of unbranched alkanes of at least 4 members (excludes halogenated alkanes) is 4. The molecule has 0 atom stereocenters. The Balaban J connectivity index is 1.70. The quantitative estimate of drug-likeness (QED) is 0.472. The first-order valence-electron chi connectivity index (χ1n) is 12.5. The van der Waals surface area contributed by atoms with Gasteiger partial charge in [-0.15, -0.1) is 0 Å². The zero-order chi connectivity index (χ0) is 22.8. The molecule has 1 saturated heterocycles. The molecule has 1 aromatic carbocycles. The normalized spacial score (nSPS) is 14.5. The lowest BCUT2D eigenvalue weighted by Crippen LogP contribution is -2.35. The number of carbonyl (C=O) groups excluding carboxylic acids is 1. The standard InChI is InChI=1S/C27H40N4O/c1-4-6-7-8-12-16-26(32)30-17-13-18-31(20-19-30)27-24(21-23-14-10-9-11-15-23)25(5-2)28-22(3)29-27/h9-11,14-15H,4-8,12-13,16-21H2,1-3H3. The van der Waals surface area contributed by atoms with Crippen molar-refractivity contribution in [2.75, 3.05) is 31.1 Å². The molecule has 0 spiro atoms. The van der Waals surface area contributed by atoms with Crippen molar-refractivity contribution in [1.29, 1.82) is 0 Å². The van der Waals surface area contributed by atoms with Crippen LogP contribution in [0.15, 0.2) is 30.3 Å². The highest BCUT2D eigenvalue weighted by molar-refractivity contribution is 5.76. The molecule has 1 aliphatic heterocycles. The zero-order valence-electron chi connectivity index (χ0n) is 20.3. The number of amides is 1. The zero-order valence-corrected chi connectivity index (χ0v) is 20.3. The summed E-state index contributed by atoms with van der Waals surface area (Å²) in [6.45, 7) is 9.78. The van der Waals surface area contributed by atoms with Crippen molar-refractivity contribution in [2.45, 2.75) is 78.6 Å². The van der Waals surface area contributed by atoms with Gasteiger partial charge in [0.25, 0.3) is 0 Å². The summed E-state index contributed by atoms with van der Waals surface area (Å²) in [5, 5.41) is 0. The maximum atomic E-state index is 12.8. The Hall–Kier alpha value is -2.43. The lowest BCUT2D eigenvalue weighted by molar-refractivity contribution is -0.131. The van der Waals surface area contributed by atoms with E-state index in [-0.39, 0.29) is 0 Å². The lowest BCUT2D eigenvalue weighted by Gasteiger charge is -2.26. The topological polar surface area (TPSA) is 49.3 Å². The highest BCUT2D eigenvalue weighted by atomic mass is 16.2. The van der Waals surface area contributed by atoms with Gasteiger partial charge < -0.3 is 9.80 Å². The van der Waals surface area contributed by atoms with Crippen LogP contribution < -0.4 is 4.90 Å². The van der Waals surface area contributed by atoms with Gasteiger partial charge in [-0.2, -0.15) is 0 Å². The van der Waals surface area contributed by atoms with Crippen molar-refractivity contribution in [3.63, 3.8) is 0 Å². The summed E-state index contributed by atoms with van der Waals surface area (Å²) in [6, 6.07) is 10.6. The molecule has 0 unspecified atom stereocenters. The van der Waals surface area contributed by atoms with Crippen LogP contribution in [0.5, 0.6) is 0 Å². The Bertz CT molecular complexity index is 852. The first-order chi connectivity index (χ1) is 15.6. The molecule has 2 aromatic rings. The van der Waals surface area contributed by atoms with Crippen LogP contribution in [-0.4, -0.2) is 47.0 Å². The van der Waals surface area contributed by atoms with Gasteiger partial charge >= 0.3 is 0 Å². The van der Waals surface area contributed by atoms with Crippen LogP contribution in [0.2, 0.25) is 0 Å². The predicted octanol–water partition coefficient (Wildman–Crippen LogP) is 5.34. The number of anilines is 1. The molecule has 5 heteroatoms. The fourth-order valence-corrected chi connectivity index (χ4v) is 4.59. The average molecular weight is 437 g/mol. The maximum absolute atomic E-state index is 12.8. The second-order valence-corrected chi connectivity index (χ2v) is 8.92. The second-order valence-electron chi connectivity index (χ2n) is 8.92. The van der Waals surface area contributed by atoms with Gasteiger partial charge in [0.1, 0.15) is 11.6 Å². The average Bonchev–Trinajstić information content (AvgIpc) is 3.06. The highest BCUT2D eigenvalue weighted by Gasteiger charge is 2.23. The van der Waals surface area contributed by atoms with Crippen molar-refractivity contribution in [2.24, 2.45) is 0 Å². The van der Waals surface area contributed by atoms with Gasteiger partial charge in [-0.25, -0.2) is 9.97 Å². The van der Waals surface area contributed by atoms with Crippen LogP contribution in [0.25, 0.3) is 0 Å². The summed E-state index contributed by atoms with van der Waals surface area (Å²) in [5.41, 5.74) is 3.66. The molecule has 0 saturated carbocycles. The fourth-order valence-electron chi connectivity index (χ4n) is 4.59. The molecule has 5 nitrogen and oxygen atoms in total. The van der Waals surface area contributed by atoms with Gasteiger partial charge in [0.05, 0.1) is 0 Å². The number of carbonyl (C=O) groups is 1. The van der Waals surface area contributed by atoms with Crippen LogP contribution in [0.3, 0.4) is 0 Å². The molecular formula is C27H40N4O. The molecular weight excluding hydrogens is 396 g/mol. The van der Waals surface area contributed by atoms with Crippen LogP contribution in [0, 0.1) is 6.92 Å². The number of aryl methyl sites for hydroxylation is 2. The molecule has 2 heterocycles. The molecule has 0 N–H and O–H groups in total. The summed E-state index contributed by atoms with van der Waals surface area (Å²) in [7, 11) is 0. The van der Waals surface area contributed by atoms with Crippen LogP contribution >= 0.6 is 0 Å². The third-order valence-corrected chi connectivity index (χ3v) is 6.38. The smallest absolute Gasteiger partial charge is 0.222 e. The minimum Gasteiger partial charge on any atom is -0.354 e. The Kier molecular flexibility index (Phi) is 9.51. The van der Waals surface area contributed by atoms with Gasteiger partial charge in [0, 0.05) is 50.3 Å². The minimum absolute atomic E-state index is 0.320. The second kappa shape index (κ2) is 12.6. The third-order valence-electron chi connectivity index (χ3n) is 6.38. The molecule has 174 valence electrons. The molecule has 0 bridgehead atoms. The molecule has 1 amide bonds. The van der Waals surface area contributed by atoms with Crippen molar-refractivity contribution < 1.29 is 4.79 Å². The highest BCUT2D eigenvalue weighted by Crippen LogP contribution is 2.26. The fraction of sp³-hybridized carbons (Fsp3) is 0.593. The summed E-state index contributed by atoms with van der Waals surface area (Å²) in [5.74, 6) is 2.21. The number of benzene rings is 1. The molecule has 1 fully saturated rings. The monoisotopic (exact) mass is 436 g/mol. The van der Waals surface area contributed by atoms with E-state index in [9.17, 15) is 4.79 Å². The summed E-state index contributed by atoms with van der Waals surface area (Å²) < 4.78 is 0. The largest absolute Gasteiger partial charge is 0.354 e. The molecule has 1 aliphatic rings. The third kappa shape index (κ3) is 6.78. The Morgan fingerprint density at radius 1 is 0.938 bits per heavy atom. The van der Waals surface area contributed by atoms with Crippen LogP contribution in [0.4, 0.5) is 5.82 Å². The van der Waals surface area contributed by atoms with E-state index < -0.39 is 0 Å². The molecule has 1 aromatic heterocycles. The SMILES string of the molecule is CCCCCCCC(=O)N1CCCN(c2nc(C)nc(CC)c2Cc2ccccc2)CC1. The van der Waals surface area contributed by atoms with E-state index >= 15 is 0 Å². The van der Waals surface area contributed by atoms with E-state index in [4.69, 9.17) is 9.97 Å². The molecule has 32 heavy (non-hydrogen) atoms. The van der Waals surface area contributed by atoms with Crippen LogP contribution in [-0.2, 0) is 17.6 Å². The summed E-state index contributed by atoms with van der Waals surface area (Å²) in [6.07, 6.45) is 9.36. The lowest BCUT2D eigenvalue weighted by atomic mass is 10.0. The van der Waals surface area contributed by atoms with E-state index in [1.54, 1.807) is 0 Å². The van der Waals surface area contributed by atoms with Gasteiger partial charge in [0.15, 0.2) is 0 Å². The van der Waals surface area contributed by atoms with Gasteiger partial charge in [-0.1, -0.05) is 69.9 Å². The van der Waals surface area contributed by atoms with E-state index in [0.29, 0.717) is 12.3 Å². The minimum atomic E-state index is 0.320. The predicted molar refractivity (Wildman–Crippen MR) is 132 cm³/mol. The van der Waals surface area contributed by atoms with Crippen molar-refractivity contribution in [3.05, 3.63) is 53.0 Å². The van der Waals surface area contributed by atoms with Gasteiger partial charge in [-0.3, -0.25) is 4.79 Å². The number of rotatable bonds is 10. The number of nitrogens with zero attached hydrogens (tertiary/aromatic N) is 4. The number of aromatic nitrogens is 2. The van der Waals surface area contributed by atoms with E-state index in [2.05, 4.69) is 54.0 Å². The van der Waals surface area contributed by atoms with E-state index in [1.165, 1.54) is 36.8 Å². The Labute approximate surface area is 194 Å². The Morgan fingerprint density at radius 3 is 2.47 bits per heavy atom. The van der Waals surface area contributed by atoms with E-state index in [1.807, 2.05) is 6.92 Å². The van der Waals surface area contributed by atoms with Crippen molar-refractivity contribution >= 4 is 11.7 Å². The maximum Gasteiger partial charge on any atom is 0.222 e. The van der Waals surface area contributed by atoms with Crippen molar-refractivity contribution in [3.8, 4) is 0 Å². The summed E-state index contributed by atoms with van der Waals surface area (Å²) in [4.78, 5) is 26.9. The van der Waals surface area contributed by atoms with Gasteiger partial charge in [-0.05, 0) is 31.7 Å². The molecule has 0 radical (unpaired) electrons. The van der Waals surface area contributed by atoms with Crippen molar-refractivity contribution in [1.82, 2.24) is 14.9 Å². The molecule has 3 rings (SSSR count). The first kappa shape index (κ1) is 24.2. The number of hydrogen-bond donors (Lipinski definition) is 0. The number of hydrogen-bond acceptors (Lipinski definition) is 4. The van der Waals surface area contributed by atoms with Crippen LogP contribution in [0.1, 0.15) is 81.4 Å². The first-order valence-corrected chi connectivity index (χ1v) is 12.5. The summed E-state index contributed by atoms with van der Waals surface area (Å²) >= 11 is 0. The Morgan fingerprint density at radius 2 is 1.72 bits per heavy atom. The van der Waals surface area contributed by atoms with Gasteiger partial charge in [0.2, 0.25) is 5.91 Å².